The lowest BCUT2D eigenvalue weighted by Gasteiger charge is -2.40. The smallest absolute Gasteiger partial charge is 0.330 e. The van der Waals surface area contributed by atoms with Crippen molar-refractivity contribution in [2.75, 3.05) is 6.54 Å². The first-order valence-corrected chi connectivity index (χ1v) is 6.83. The predicted molar refractivity (Wildman–Crippen MR) is 74.9 cm³/mol. The molecule has 1 amide bonds. The maximum atomic E-state index is 12.1. The Labute approximate surface area is 118 Å². The standard InChI is InChI=1S/C15H20N2O3/c16-10-15(7-4-8-15)9-12(18)17-13(14(19)20)11-5-2-1-3-6-11/h1-3,5-6,13H,4,7-10,16H2,(H,17,18)(H,19,20). The number of nitrogens with one attached hydrogen (secondary N) is 1. The van der Waals surface area contributed by atoms with E-state index in [0.29, 0.717) is 18.5 Å². The summed E-state index contributed by atoms with van der Waals surface area (Å²) in [4.78, 5) is 23.4. The zero-order valence-electron chi connectivity index (χ0n) is 11.3. The number of amides is 1. The molecular weight excluding hydrogens is 256 g/mol. The third-order valence-corrected chi connectivity index (χ3v) is 4.07. The third kappa shape index (κ3) is 3.17. The first-order valence-electron chi connectivity index (χ1n) is 6.83. The largest absolute Gasteiger partial charge is 0.479 e. The van der Waals surface area contributed by atoms with Crippen molar-refractivity contribution in [2.24, 2.45) is 11.1 Å². The molecule has 5 nitrogen and oxygen atoms in total. The van der Waals surface area contributed by atoms with Gasteiger partial charge >= 0.3 is 5.97 Å². The quantitative estimate of drug-likeness (QED) is 0.733. The molecule has 0 bridgehead atoms. The van der Waals surface area contributed by atoms with Crippen LogP contribution in [0.3, 0.4) is 0 Å². The first-order chi connectivity index (χ1) is 9.56. The van der Waals surface area contributed by atoms with Crippen LogP contribution < -0.4 is 11.1 Å². The number of carboxylic acid groups (broad SMARTS) is 1. The van der Waals surface area contributed by atoms with Gasteiger partial charge in [-0.2, -0.15) is 0 Å². The lowest BCUT2D eigenvalue weighted by atomic mass is 9.66. The molecule has 1 aromatic carbocycles. The van der Waals surface area contributed by atoms with Crippen molar-refractivity contribution in [1.82, 2.24) is 5.32 Å². The number of nitrogens with two attached hydrogens (primary N) is 1. The van der Waals surface area contributed by atoms with Gasteiger partial charge in [0.25, 0.3) is 0 Å². The third-order valence-electron chi connectivity index (χ3n) is 4.07. The molecule has 0 radical (unpaired) electrons. The molecule has 1 aliphatic carbocycles. The van der Waals surface area contributed by atoms with Crippen LogP contribution in [0.1, 0.15) is 37.3 Å². The summed E-state index contributed by atoms with van der Waals surface area (Å²) in [5.41, 5.74) is 6.17. The van der Waals surface area contributed by atoms with Gasteiger partial charge in [0.15, 0.2) is 6.04 Å². The van der Waals surface area contributed by atoms with E-state index >= 15 is 0 Å². The van der Waals surface area contributed by atoms with Gasteiger partial charge in [0, 0.05) is 6.42 Å². The van der Waals surface area contributed by atoms with E-state index in [9.17, 15) is 14.7 Å². The normalized spacial score (nSPS) is 17.9. The van der Waals surface area contributed by atoms with Gasteiger partial charge < -0.3 is 16.2 Å². The second-order valence-corrected chi connectivity index (χ2v) is 5.48. The van der Waals surface area contributed by atoms with E-state index in [1.165, 1.54) is 0 Å². The van der Waals surface area contributed by atoms with Crippen LogP contribution in [0.2, 0.25) is 0 Å². The summed E-state index contributed by atoms with van der Waals surface area (Å²) in [7, 11) is 0. The van der Waals surface area contributed by atoms with Gasteiger partial charge in [-0.05, 0) is 30.4 Å². The number of hydrogen-bond donors (Lipinski definition) is 3. The minimum atomic E-state index is -1.06. The monoisotopic (exact) mass is 276 g/mol. The zero-order valence-corrected chi connectivity index (χ0v) is 11.3. The summed E-state index contributed by atoms with van der Waals surface area (Å²) in [6, 6.07) is 7.71. The minimum Gasteiger partial charge on any atom is -0.479 e. The Morgan fingerprint density at radius 3 is 2.40 bits per heavy atom. The van der Waals surface area contributed by atoms with E-state index < -0.39 is 12.0 Å². The molecule has 0 heterocycles. The van der Waals surface area contributed by atoms with Crippen molar-refractivity contribution in [3.8, 4) is 0 Å². The molecule has 0 spiro atoms. The Kier molecular flexibility index (Phi) is 4.39. The molecule has 1 saturated carbocycles. The highest BCUT2D eigenvalue weighted by atomic mass is 16.4. The van der Waals surface area contributed by atoms with Crippen molar-refractivity contribution in [1.29, 1.82) is 0 Å². The van der Waals surface area contributed by atoms with Crippen molar-refractivity contribution < 1.29 is 14.7 Å². The van der Waals surface area contributed by atoms with Crippen LogP contribution >= 0.6 is 0 Å². The molecule has 1 fully saturated rings. The van der Waals surface area contributed by atoms with E-state index in [2.05, 4.69) is 5.32 Å². The highest BCUT2D eigenvalue weighted by Crippen LogP contribution is 2.42. The number of carbonyl (C=O) groups is 2. The molecule has 5 heteroatoms. The highest BCUT2D eigenvalue weighted by Gasteiger charge is 2.38. The lowest BCUT2D eigenvalue weighted by Crippen LogP contribution is -2.43. The predicted octanol–water partition coefficient (Wildman–Crippen LogP) is 1.45. The van der Waals surface area contributed by atoms with Gasteiger partial charge in [0.05, 0.1) is 0 Å². The van der Waals surface area contributed by atoms with Gasteiger partial charge in [-0.1, -0.05) is 36.8 Å². The molecule has 108 valence electrons. The van der Waals surface area contributed by atoms with E-state index in [0.717, 1.165) is 19.3 Å². The second-order valence-electron chi connectivity index (χ2n) is 5.48. The van der Waals surface area contributed by atoms with Gasteiger partial charge in [-0.3, -0.25) is 4.79 Å². The minimum absolute atomic E-state index is 0.121. The molecule has 2 rings (SSSR count). The average Bonchev–Trinajstić information content (AvgIpc) is 2.41. The number of aliphatic carboxylic acids is 1. The second kappa shape index (κ2) is 6.05. The van der Waals surface area contributed by atoms with Gasteiger partial charge in [-0.15, -0.1) is 0 Å². The molecule has 20 heavy (non-hydrogen) atoms. The number of hydrogen-bond acceptors (Lipinski definition) is 3. The molecule has 0 aliphatic heterocycles. The van der Waals surface area contributed by atoms with Crippen LogP contribution in [0.25, 0.3) is 0 Å². The number of rotatable bonds is 6. The summed E-state index contributed by atoms with van der Waals surface area (Å²) < 4.78 is 0. The van der Waals surface area contributed by atoms with Crippen LogP contribution in [-0.2, 0) is 9.59 Å². The molecular formula is C15H20N2O3. The molecule has 1 atom stereocenters. The fraction of sp³-hybridized carbons (Fsp3) is 0.467. The van der Waals surface area contributed by atoms with Crippen molar-refractivity contribution >= 4 is 11.9 Å². The summed E-state index contributed by atoms with van der Waals surface area (Å²) in [6.45, 7) is 0.476. The number of benzene rings is 1. The summed E-state index contributed by atoms with van der Waals surface area (Å²) in [5.74, 6) is -1.30. The fourth-order valence-electron chi connectivity index (χ4n) is 2.62. The highest BCUT2D eigenvalue weighted by molar-refractivity contribution is 5.84. The number of carbonyl (C=O) groups excluding carboxylic acids is 1. The Morgan fingerprint density at radius 2 is 1.95 bits per heavy atom. The molecule has 1 aromatic rings. The van der Waals surface area contributed by atoms with Gasteiger partial charge in [0.1, 0.15) is 0 Å². The van der Waals surface area contributed by atoms with Gasteiger partial charge in [-0.25, -0.2) is 4.79 Å². The summed E-state index contributed by atoms with van der Waals surface area (Å²) in [5, 5.41) is 11.9. The van der Waals surface area contributed by atoms with Crippen LogP contribution in [0.4, 0.5) is 0 Å². The molecule has 0 aromatic heterocycles. The Hall–Kier alpha value is -1.88. The van der Waals surface area contributed by atoms with E-state index in [1.54, 1.807) is 24.3 Å². The Balaban J connectivity index is 2.02. The topological polar surface area (TPSA) is 92.4 Å². The average molecular weight is 276 g/mol. The van der Waals surface area contributed by atoms with Crippen molar-refractivity contribution in [3.05, 3.63) is 35.9 Å². The van der Waals surface area contributed by atoms with Gasteiger partial charge in [0.2, 0.25) is 5.91 Å². The molecule has 1 unspecified atom stereocenters. The van der Waals surface area contributed by atoms with E-state index in [1.807, 2.05) is 6.07 Å². The molecule has 1 aliphatic rings. The lowest BCUT2D eigenvalue weighted by molar-refractivity contribution is -0.142. The van der Waals surface area contributed by atoms with Crippen molar-refractivity contribution in [3.63, 3.8) is 0 Å². The van der Waals surface area contributed by atoms with E-state index in [4.69, 9.17) is 5.73 Å². The number of carboxylic acids is 1. The maximum Gasteiger partial charge on any atom is 0.330 e. The fourth-order valence-corrected chi connectivity index (χ4v) is 2.62. The van der Waals surface area contributed by atoms with Crippen LogP contribution in [-0.4, -0.2) is 23.5 Å². The first kappa shape index (κ1) is 14.5. The van der Waals surface area contributed by atoms with Crippen LogP contribution in [0.5, 0.6) is 0 Å². The van der Waals surface area contributed by atoms with Crippen LogP contribution in [0, 0.1) is 5.41 Å². The molecule has 4 N–H and O–H groups in total. The SMILES string of the molecule is NCC1(CC(=O)NC(C(=O)O)c2ccccc2)CCC1. The zero-order chi connectivity index (χ0) is 14.6. The Bertz CT molecular complexity index is 478. The Morgan fingerprint density at radius 1 is 1.30 bits per heavy atom. The van der Waals surface area contributed by atoms with Crippen LogP contribution in [0.15, 0.2) is 30.3 Å². The maximum absolute atomic E-state index is 12.1. The van der Waals surface area contributed by atoms with E-state index in [-0.39, 0.29) is 11.3 Å². The van der Waals surface area contributed by atoms with Crippen molar-refractivity contribution in [2.45, 2.75) is 31.7 Å². The summed E-state index contributed by atoms with van der Waals surface area (Å²) in [6.07, 6.45) is 3.28. The summed E-state index contributed by atoms with van der Waals surface area (Å²) >= 11 is 0. The molecule has 0 saturated heterocycles.